The number of primary amides is 1. The number of benzene rings is 2. The minimum Gasteiger partial charge on any atom is -0.352 e. The molecule has 5 N–H and O–H groups in total. The summed E-state index contributed by atoms with van der Waals surface area (Å²) in [5.41, 5.74) is 13.4. The molecule has 0 saturated carbocycles. The lowest BCUT2D eigenvalue weighted by Crippen LogP contribution is -2.38. The molecule has 2 atom stereocenters. The molecule has 4 heteroatoms. The largest absolute Gasteiger partial charge is 0.352 e. The zero-order valence-electron chi connectivity index (χ0n) is 10.5. The van der Waals surface area contributed by atoms with Gasteiger partial charge in [0.1, 0.15) is 0 Å². The van der Waals surface area contributed by atoms with Crippen LogP contribution in [0.1, 0.15) is 23.2 Å². The number of hydrogen-bond donors (Lipinski definition) is 3. The fourth-order valence-corrected chi connectivity index (χ4v) is 2.06. The van der Waals surface area contributed by atoms with Gasteiger partial charge >= 0.3 is 6.03 Å². The van der Waals surface area contributed by atoms with Crippen LogP contribution >= 0.6 is 0 Å². The predicted octanol–water partition coefficient (Wildman–Crippen LogP) is 2.10. The summed E-state index contributed by atoms with van der Waals surface area (Å²) >= 11 is 0. The van der Waals surface area contributed by atoms with Gasteiger partial charge in [-0.3, -0.25) is 0 Å². The van der Waals surface area contributed by atoms with Crippen LogP contribution in [0, 0.1) is 0 Å². The van der Waals surface area contributed by atoms with E-state index in [1.165, 1.54) is 0 Å². The number of nitrogens with one attached hydrogen (secondary N) is 1. The van der Waals surface area contributed by atoms with Crippen molar-refractivity contribution in [3.8, 4) is 0 Å². The second kappa shape index (κ2) is 6.02. The Morgan fingerprint density at radius 2 is 1.37 bits per heavy atom. The molecule has 0 aromatic heterocycles. The fraction of sp³-hybridized carbons (Fsp3) is 0.133. The van der Waals surface area contributed by atoms with Crippen LogP contribution in [0.5, 0.6) is 0 Å². The lowest BCUT2D eigenvalue weighted by molar-refractivity contribution is 0.243. The lowest BCUT2D eigenvalue weighted by Gasteiger charge is -2.25. The Kier molecular flexibility index (Phi) is 4.15. The first-order valence-corrected chi connectivity index (χ1v) is 6.10. The number of nitrogens with two attached hydrogens (primary N) is 2. The highest BCUT2D eigenvalue weighted by atomic mass is 16.2. The first-order chi connectivity index (χ1) is 9.18. The Morgan fingerprint density at radius 3 is 1.84 bits per heavy atom. The maximum atomic E-state index is 11.2. The fourth-order valence-electron chi connectivity index (χ4n) is 2.06. The molecule has 2 aromatic rings. The van der Waals surface area contributed by atoms with Crippen LogP contribution in [0.4, 0.5) is 4.79 Å². The average molecular weight is 255 g/mol. The zero-order chi connectivity index (χ0) is 13.7. The van der Waals surface area contributed by atoms with Crippen LogP contribution in [0.15, 0.2) is 60.7 Å². The monoisotopic (exact) mass is 255 g/mol. The van der Waals surface area contributed by atoms with Crippen LogP contribution in [0.25, 0.3) is 0 Å². The summed E-state index contributed by atoms with van der Waals surface area (Å²) in [5, 5.41) is 2.71. The molecule has 2 aromatic carbocycles. The van der Waals surface area contributed by atoms with Crippen molar-refractivity contribution < 1.29 is 4.79 Å². The molecule has 4 nitrogen and oxygen atoms in total. The molecule has 0 spiro atoms. The third kappa shape index (κ3) is 3.33. The van der Waals surface area contributed by atoms with E-state index in [2.05, 4.69) is 5.32 Å². The molecular formula is C15H17N3O. The van der Waals surface area contributed by atoms with Gasteiger partial charge in [0, 0.05) is 0 Å². The van der Waals surface area contributed by atoms with Gasteiger partial charge in [0.15, 0.2) is 0 Å². The van der Waals surface area contributed by atoms with Gasteiger partial charge in [0.05, 0.1) is 12.1 Å². The summed E-state index contributed by atoms with van der Waals surface area (Å²) in [6, 6.07) is 17.9. The molecule has 0 unspecified atom stereocenters. The molecule has 2 rings (SSSR count). The van der Waals surface area contributed by atoms with Crippen molar-refractivity contribution in [1.82, 2.24) is 5.32 Å². The Labute approximate surface area is 112 Å². The van der Waals surface area contributed by atoms with Gasteiger partial charge in [-0.1, -0.05) is 60.7 Å². The highest BCUT2D eigenvalue weighted by Crippen LogP contribution is 2.26. The maximum Gasteiger partial charge on any atom is 0.312 e. The quantitative estimate of drug-likeness (QED) is 0.782. The second-order valence-electron chi connectivity index (χ2n) is 4.33. The normalized spacial score (nSPS) is 13.5. The van der Waals surface area contributed by atoms with Gasteiger partial charge < -0.3 is 16.8 Å². The van der Waals surface area contributed by atoms with E-state index < -0.39 is 6.03 Å². The van der Waals surface area contributed by atoms with Crippen molar-refractivity contribution in [2.24, 2.45) is 11.5 Å². The lowest BCUT2D eigenvalue weighted by atomic mass is 9.94. The van der Waals surface area contributed by atoms with Crippen LogP contribution < -0.4 is 16.8 Å². The third-order valence-electron chi connectivity index (χ3n) is 3.00. The standard InChI is InChI=1S/C15H17N3O/c16-13(11-7-3-1-4-8-11)14(18-15(17)19)12-9-5-2-6-10-12/h1-10,13-14H,16H2,(H3,17,18,19)/t13-,14-/m0/s1. The summed E-state index contributed by atoms with van der Waals surface area (Å²) in [5.74, 6) is 0. The van der Waals surface area contributed by atoms with Gasteiger partial charge in [-0.25, -0.2) is 4.79 Å². The summed E-state index contributed by atoms with van der Waals surface area (Å²) in [4.78, 5) is 11.2. The van der Waals surface area contributed by atoms with E-state index >= 15 is 0 Å². The first-order valence-electron chi connectivity index (χ1n) is 6.10. The van der Waals surface area contributed by atoms with E-state index in [1.54, 1.807) is 0 Å². The molecule has 98 valence electrons. The molecule has 0 aliphatic heterocycles. The van der Waals surface area contributed by atoms with Crippen LogP contribution in [0.2, 0.25) is 0 Å². The Hall–Kier alpha value is -2.33. The van der Waals surface area contributed by atoms with E-state index in [-0.39, 0.29) is 12.1 Å². The summed E-state index contributed by atoms with van der Waals surface area (Å²) in [6.45, 7) is 0. The number of urea groups is 1. The highest BCUT2D eigenvalue weighted by molar-refractivity contribution is 5.72. The summed E-state index contributed by atoms with van der Waals surface area (Å²) in [6.07, 6.45) is 0. The van der Waals surface area contributed by atoms with Crippen molar-refractivity contribution in [2.75, 3.05) is 0 Å². The number of carbonyl (C=O) groups is 1. The van der Waals surface area contributed by atoms with Crippen molar-refractivity contribution in [1.29, 1.82) is 0 Å². The van der Waals surface area contributed by atoms with Gasteiger partial charge in [-0.05, 0) is 11.1 Å². The average Bonchev–Trinajstić information content (AvgIpc) is 2.46. The molecule has 19 heavy (non-hydrogen) atoms. The van der Waals surface area contributed by atoms with Crippen molar-refractivity contribution >= 4 is 6.03 Å². The number of amides is 2. The molecule has 0 heterocycles. The molecule has 0 fully saturated rings. The maximum absolute atomic E-state index is 11.2. The molecule has 0 aliphatic rings. The minimum atomic E-state index is -0.583. The zero-order valence-corrected chi connectivity index (χ0v) is 10.5. The molecule has 0 aliphatic carbocycles. The van der Waals surface area contributed by atoms with Gasteiger partial charge in [-0.15, -0.1) is 0 Å². The molecule has 0 saturated heterocycles. The predicted molar refractivity (Wildman–Crippen MR) is 75.3 cm³/mol. The van der Waals surface area contributed by atoms with E-state index in [1.807, 2.05) is 60.7 Å². The Balaban J connectivity index is 2.30. The topological polar surface area (TPSA) is 81.1 Å². The first kappa shape index (κ1) is 13.1. The second-order valence-corrected chi connectivity index (χ2v) is 4.33. The van der Waals surface area contributed by atoms with E-state index in [9.17, 15) is 4.79 Å². The summed E-state index contributed by atoms with van der Waals surface area (Å²) in [7, 11) is 0. The van der Waals surface area contributed by atoms with Crippen LogP contribution in [-0.2, 0) is 0 Å². The van der Waals surface area contributed by atoms with E-state index in [0.717, 1.165) is 11.1 Å². The third-order valence-corrected chi connectivity index (χ3v) is 3.00. The Bertz CT molecular complexity index is 528. The Morgan fingerprint density at radius 1 is 0.895 bits per heavy atom. The van der Waals surface area contributed by atoms with Gasteiger partial charge in [-0.2, -0.15) is 0 Å². The number of carbonyl (C=O) groups excluding carboxylic acids is 1. The number of rotatable bonds is 4. The van der Waals surface area contributed by atoms with Crippen LogP contribution in [-0.4, -0.2) is 6.03 Å². The van der Waals surface area contributed by atoms with E-state index in [4.69, 9.17) is 11.5 Å². The molecular weight excluding hydrogens is 238 g/mol. The number of hydrogen-bond acceptors (Lipinski definition) is 2. The SMILES string of the molecule is NC(=O)N[C@@H](c1ccccc1)[C@@H](N)c1ccccc1. The highest BCUT2D eigenvalue weighted by Gasteiger charge is 2.22. The van der Waals surface area contributed by atoms with E-state index in [0.29, 0.717) is 0 Å². The summed E-state index contributed by atoms with van der Waals surface area (Å²) < 4.78 is 0. The van der Waals surface area contributed by atoms with Crippen LogP contribution in [0.3, 0.4) is 0 Å². The van der Waals surface area contributed by atoms with Gasteiger partial charge in [0.2, 0.25) is 0 Å². The van der Waals surface area contributed by atoms with Crippen molar-refractivity contribution in [2.45, 2.75) is 12.1 Å². The minimum absolute atomic E-state index is 0.346. The molecule has 2 amide bonds. The molecule has 0 bridgehead atoms. The molecule has 0 radical (unpaired) electrons. The smallest absolute Gasteiger partial charge is 0.312 e. The van der Waals surface area contributed by atoms with Crippen molar-refractivity contribution in [3.63, 3.8) is 0 Å². The van der Waals surface area contributed by atoms with Gasteiger partial charge in [0.25, 0.3) is 0 Å². The van der Waals surface area contributed by atoms with Crippen molar-refractivity contribution in [3.05, 3.63) is 71.8 Å².